The summed E-state index contributed by atoms with van der Waals surface area (Å²) in [7, 11) is 0. The summed E-state index contributed by atoms with van der Waals surface area (Å²) >= 11 is 0. The number of hydrogen-bond acceptors (Lipinski definition) is 4. The molecule has 0 radical (unpaired) electrons. The first-order chi connectivity index (χ1) is 14.1. The van der Waals surface area contributed by atoms with Gasteiger partial charge in [0.1, 0.15) is 17.5 Å². The molecule has 2 heterocycles. The molecule has 29 heavy (non-hydrogen) atoms. The standard InChI is InChI=1S/C23H29FN4O/c1-3-20-19(15-16-5-9-18(24)10-6-16)23(26-22(25-20)17-7-8-17)28-13-11-27(12-14-28)21(29)4-2/h5-6,9-10,17H,3-4,7-8,11-15H2,1-2H3. The topological polar surface area (TPSA) is 49.3 Å². The predicted molar refractivity (Wildman–Crippen MR) is 112 cm³/mol. The number of anilines is 1. The van der Waals surface area contributed by atoms with E-state index < -0.39 is 0 Å². The molecule has 1 aliphatic carbocycles. The van der Waals surface area contributed by atoms with Crippen LogP contribution in [-0.2, 0) is 17.6 Å². The molecule has 154 valence electrons. The quantitative estimate of drug-likeness (QED) is 0.747. The average Bonchev–Trinajstić information content (AvgIpc) is 3.60. The van der Waals surface area contributed by atoms with Crippen molar-refractivity contribution in [2.24, 2.45) is 0 Å². The van der Waals surface area contributed by atoms with Crippen molar-refractivity contribution >= 4 is 11.7 Å². The molecule has 1 saturated carbocycles. The molecule has 2 aliphatic rings. The third kappa shape index (κ3) is 4.41. The van der Waals surface area contributed by atoms with Crippen LogP contribution < -0.4 is 4.90 Å². The molecule has 1 saturated heterocycles. The first kappa shape index (κ1) is 19.8. The van der Waals surface area contributed by atoms with Crippen molar-refractivity contribution in [3.05, 3.63) is 52.7 Å². The molecule has 5 nitrogen and oxygen atoms in total. The van der Waals surface area contributed by atoms with Crippen LogP contribution in [0.1, 0.15) is 61.7 Å². The van der Waals surface area contributed by atoms with E-state index in [2.05, 4.69) is 11.8 Å². The van der Waals surface area contributed by atoms with Crippen LogP contribution in [0.5, 0.6) is 0 Å². The Hall–Kier alpha value is -2.50. The lowest BCUT2D eigenvalue weighted by Crippen LogP contribution is -2.49. The van der Waals surface area contributed by atoms with E-state index in [0.29, 0.717) is 18.8 Å². The van der Waals surface area contributed by atoms with E-state index in [9.17, 15) is 9.18 Å². The van der Waals surface area contributed by atoms with E-state index in [1.165, 1.54) is 25.0 Å². The Morgan fingerprint density at radius 3 is 2.34 bits per heavy atom. The monoisotopic (exact) mass is 396 g/mol. The van der Waals surface area contributed by atoms with Gasteiger partial charge in [-0.2, -0.15) is 0 Å². The first-order valence-electron chi connectivity index (χ1n) is 10.8. The Morgan fingerprint density at radius 1 is 1.07 bits per heavy atom. The highest BCUT2D eigenvalue weighted by atomic mass is 19.1. The Balaban J connectivity index is 1.65. The highest BCUT2D eigenvalue weighted by Crippen LogP contribution is 2.40. The SMILES string of the molecule is CCC(=O)N1CCN(c2nc(C3CC3)nc(CC)c2Cc2ccc(F)cc2)CC1. The molecule has 4 rings (SSSR count). The van der Waals surface area contributed by atoms with Crippen LogP contribution in [0.25, 0.3) is 0 Å². The second kappa shape index (κ2) is 8.47. The van der Waals surface area contributed by atoms with E-state index in [0.717, 1.165) is 61.1 Å². The molecular formula is C23H29FN4O. The van der Waals surface area contributed by atoms with Crippen molar-refractivity contribution in [2.45, 2.75) is 51.9 Å². The van der Waals surface area contributed by atoms with Crippen molar-refractivity contribution in [1.29, 1.82) is 0 Å². The van der Waals surface area contributed by atoms with Gasteiger partial charge in [-0.1, -0.05) is 26.0 Å². The van der Waals surface area contributed by atoms with Crippen LogP contribution >= 0.6 is 0 Å². The lowest BCUT2D eigenvalue weighted by atomic mass is 10.0. The number of nitrogens with zero attached hydrogens (tertiary/aromatic N) is 4. The molecule has 2 aromatic rings. The summed E-state index contributed by atoms with van der Waals surface area (Å²) in [5, 5.41) is 0. The van der Waals surface area contributed by atoms with Crippen molar-refractivity contribution < 1.29 is 9.18 Å². The first-order valence-corrected chi connectivity index (χ1v) is 10.8. The van der Waals surface area contributed by atoms with Crippen LogP contribution in [0.3, 0.4) is 0 Å². The summed E-state index contributed by atoms with van der Waals surface area (Å²) in [6, 6.07) is 6.70. The van der Waals surface area contributed by atoms with Crippen LogP contribution in [0.2, 0.25) is 0 Å². The molecule has 1 aliphatic heterocycles. The number of hydrogen-bond donors (Lipinski definition) is 0. The third-order valence-corrected chi connectivity index (χ3v) is 5.89. The van der Waals surface area contributed by atoms with E-state index >= 15 is 0 Å². The highest BCUT2D eigenvalue weighted by molar-refractivity contribution is 5.76. The van der Waals surface area contributed by atoms with Crippen molar-refractivity contribution in [1.82, 2.24) is 14.9 Å². The van der Waals surface area contributed by atoms with Crippen LogP contribution in [0.15, 0.2) is 24.3 Å². The summed E-state index contributed by atoms with van der Waals surface area (Å²) in [5.74, 6) is 2.45. The number of aromatic nitrogens is 2. The molecule has 0 spiro atoms. The number of carbonyl (C=O) groups excluding carboxylic acids is 1. The van der Waals surface area contributed by atoms with Crippen molar-refractivity contribution in [3.8, 4) is 0 Å². The van der Waals surface area contributed by atoms with Gasteiger partial charge >= 0.3 is 0 Å². The normalized spacial score (nSPS) is 16.9. The van der Waals surface area contributed by atoms with Gasteiger partial charge < -0.3 is 9.80 Å². The van der Waals surface area contributed by atoms with Gasteiger partial charge in [0.25, 0.3) is 0 Å². The zero-order chi connectivity index (χ0) is 20.4. The maximum atomic E-state index is 13.4. The summed E-state index contributed by atoms with van der Waals surface area (Å²) in [5.41, 5.74) is 3.29. The molecule has 0 N–H and O–H groups in total. The summed E-state index contributed by atoms with van der Waals surface area (Å²) in [6.07, 6.45) is 4.42. The maximum absolute atomic E-state index is 13.4. The van der Waals surface area contributed by atoms with E-state index in [1.54, 1.807) is 0 Å². The number of halogens is 1. The van der Waals surface area contributed by atoms with Crippen molar-refractivity contribution in [2.75, 3.05) is 31.1 Å². The molecule has 6 heteroatoms. The highest BCUT2D eigenvalue weighted by Gasteiger charge is 2.30. The van der Waals surface area contributed by atoms with Gasteiger partial charge in [-0.25, -0.2) is 14.4 Å². The van der Waals surface area contributed by atoms with E-state index in [1.807, 2.05) is 24.0 Å². The molecule has 2 fully saturated rings. The fourth-order valence-corrected chi connectivity index (χ4v) is 3.99. The van der Waals surface area contributed by atoms with Gasteiger partial charge in [-0.3, -0.25) is 4.79 Å². The number of rotatable bonds is 6. The number of amides is 1. The fourth-order valence-electron chi connectivity index (χ4n) is 3.99. The zero-order valence-corrected chi connectivity index (χ0v) is 17.3. The summed E-state index contributed by atoms with van der Waals surface area (Å²) in [6.45, 7) is 7.07. The number of carbonyl (C=O) groups is 1. The fraction of sp³-hybridized carbons (Fsp3) is 0.522. The maximum Gasteiger partial charge on any atom is 0.222 e. The van der Waals surface area contributed by atoms with Gasteiger partial charge in [0.05, 0.1) is 0 Å². The van der Waals surface area contributed by atoms with Crippen LogP contribution in [0, 0.1) is 5.82 Å². The summed E-state index contributed by atoms with van der Waals surface area (Å²) < 4.78 is 13.4. The zero-order valence-electron chi connectivity index (χ0n) is 17.3. The average molecular weight is 397 g/mol. The predicted octanol–water partition coefficient (Wildman–Crippen LogP) is 3.70. The van der Waals surface area contributed by atoms with Gasteiger partial charge in [-0.15, -0.1) is 0 Å². The van der Waals surface area contributed by atoms with E-state index in [-0.39, 0.29) is 11.7 Å². The third-order valence-electron chi connectivity index (χ3n) is 5.89. The van der Waals surface area contributed by atoms with Crippen LogP contribution in [-0.4, -0.2) is 47.0 Å². The molecule has 0 bridgehead atoms. The lowest BCUT2D eigenvalue weighted by Gasteiger charge is -2.36. The molecule has 1 amide bonds. The van der Waals surface area contributed by atoms with Gasteiger partial charge in [0.2, 0.25) is 5.91 Å². The molecule has 1 aromatic carbocycles. The second-order valence-corrected chi connectivity index (χ2v) is 7.98. The molecular weight excluding hydrogens is 367 g/mol. The van der Waals surface area contributed by atoms with Crippen LogP contribution in [0.4, 0.5) is 10.2 Å². The van der Waals surface area contributed by atoms with Gasteiger partial charge in [0.15, 0.2) is 0 Å². The van der Waals surface area contributed by atoms with E-state index in [4.69, 9.17) is 9.97 Å². The Labute approximate surface area is 172 Å². The minimum Gasteiger partial charge on any atom is -0.353 e. The van der Waals surface area contributed by atoms with Gasteiger partial charge in [0, 0.05) is 56.2 Å². The molecule has 0 unspecified atom stereocenters. The number of aryl methyl sites for hydroxylation is 1. The Morgan fingerprint density at radius 2 is 1.76 bits per heavy atom. The Kier molecular flexibility index (Phi) is 5.79. The minimum atomic E-state index is -0.221. The lowest BCUT2D eigenvalue weighted by molar-refractivity contribution is -0.131. The Bertz CT molecular complexity index is 871. The number of benzene rings is 1. The smallest absolute Gasteiger partial charge is 0.222 e. The second-order valence-electron chi connectivity index (χ2n) is 7.98. The largest absolute Gasteiger partial charge is 0.353 e. The van der Waals surface area contributed by atoms with Gasteiger partial charge in [-0.05, 0) is 37.0 Å². The number of piperazine rings is 1. The van der Waals surface area contributed by atoms with Crippen molar-refractivity contribution in [3.63, 3.8) is 0 Å². The summed E-state index contributed by atoms with van der Waals surface area (Å²) in [4.78, 5) is 26.2. The molecule has 0 atom stereocenters. The minimum absolute atomic E-state index is 0.215. The molecule has 1 aromatic heterocycles.